The standard InChI is InChI=1S/C11H16N2O2/c1-2-5-15-8-10(14)6-9-3-4-13-11(12)7-9/h3-4,7H,2,5-6,8H2,1H3,(H2,12,13). The van der Waals surface area contributed by atoms with E-state index in [0.29, 0.717) is 18.8 Å². The fraction of sp³-hybridized carbons (Fsp3) is 0.455. The van der Waals surface area contributed by atoms with E-state index in [0.717, 1.165) is 12.0 Å². The van der Waals surface area contributed by atoms with Crippen LogP contribution < -0.4 is 5.73 Å². The van der Waals surface area contributed by atoms with Crippen molar-refractivity contribution in [2.75, 3.05) is 18.9 Å². The highest BCUT2D eigenvalue weighted by Gasteiger charge is 2.04. The zero-order chi connectivity index (χ0) is 11.1. The van der Waals surface area contributed by atoms with Crippen LogP contribution in [0.2, 0.25) is 0 Å². The number of carbonyl (C=O) groups is 1. The van der Waals surface area contributed by atoms with Gasteiger partial charge in [-0.25, -0.2) is 4.98 Å². The Morgan fingerprint density at radius 3 is 3.07 bits per heavy atom. The number of ether oxygens (including phenoxy) is 1. The highest BCUT2D eigenvalue weighted by atomic mass is 16.5. The van der Waals surface area contributed by atoms with Crippen molar-refractivity contribution < 1.29 is 9.53 Å². The van der Waals surface area contributed by atoms with Crippen molar-refractivity contribution in [2.24, 2.45) is 0 Å². The van der Waals surface area contributed by atoms with Crippen molar-refractivity contribution in [2.45, 2.75) is 19.8 Å². The van der Waals surface area contributed by atoms with Gasteiger partial charge in [0.05, 0.1) is 0 Å². The molecule has 1 heterocycles. The number of nitrogens with zero attached hydrogens (tertiary/aromatic N) is 1. The van der Waals surface area contributed by atoms with Crippen molar-refractivity contribution >= 4 is 11.6 Å². The van der Waals surface area contributed by atoms with Gasteiger partial charge in [-0.05, 0) is 24.1 Å². The molecule has 0 radical (unpaired) electrons. The molecule has 0 amide bonds. The van der Waals surface area contributed by atoms with Gasteiger partial charge in [0.25, 0.3) is 0 Å². The number of carbonyl (C=O) groups excluding carboxylic acids is 1. The normalized spacial score (nSPS) is 10.2. The largest absolute Gasteiger partial charge is 0.384 e. The Morgan fingerprint density at radius 1 is 1.60 bits per heavy atom. The number of Topliss-reactive ketones (excluding diaryl/α,β-unsaturated/α-hetero) is 1. The summed E-state index contributed by atoms with van der Waals surface area (Å²) in [6.45, 7) is 2.81. The summed E-state index contributed by atoms with van der Waals surface area (Å²) in [6, 6.07) is 3.49. The minimum absolute atomic E-state index is 0.0639. The van der Waals surface area contributed by atoms with E-state index in [1.807, 2.05) is 6.92 Å². The lowest BCUT2D eigenvalue weighted by atomic mass is 10.1. The van der Waals surface area contributed by atoms with Gasteiger partial charge in [-0.15, -0.1) is 0 Å². The molecule has 15 heavy (non-hydrogen) atoms. The van der Waals surface area contributed by atoms with Crippen LogP contribution in [-0.4, -0.2) is 24.0 Å². The molecule has 0 saturated carbocycles. The van der Waals surface area contributed by atoms with Gasteiger partial charge in [0.15, 0.2) is 5.78 Å². The highest BCUT2D eigenvalue weighted by molar-refractivity contribution is 5.82. The number of aromatic nitrogens is 1. The fourth-order valence-electron chi connectivity index (χ4n) is 1.21. The molecule has 0 bridgehead atoms. The first-order chi connectivity index (χ1) is 7.22. The first kappa shape index (κ1) is 11.7. The maximum Gasteiger partial charge on any atom is 0.162 e. The Hall–Kier alpha value is -1.42. The molecule has 1 aromatic rings. The molecule has 1 rings (SSSR count). The Bertz CT molecular complexity index is 326. The first-order valence-electron chi connectivity index (χ1n) is 5.02. The molecule has 0 aliphatic carbocycles. The van der Waals surface area contributed by atoms with Crippen molar-refractivity contribution in [1.29, 1.82) is 0 Å². The molecular formula is C11H16N2O2. The van der Waals surface area contributed by atoms with Crippen LogP contribution >= 0.6 is 0 Å². The number of pyridine rings is 1. The summed E-state index contributed by atoms with van der Waals surface area (Å²) in [5.41, 5.74) is 6.38. The minimum atomic E-state index is 0.0639. The first-order valence-corrected chi connectivity index (χ1v) is 5.02. The molecule has 0 aliphatic heterocycles. The van der Waals surface area contributed by atoms with Crippen LogP contribution in [-0.2, 0) is 16.0 Å². The maximum atomic E-state index is 11.4. The molecule has 0 unspecified atom stereocenters. The summed E-state index contributed by atoms with van der Waals surface area (Å²) in [5, 5.41) is 0. The zero-order valence-corrected chi connectivity index (χ0v) is 8.90. The summed E-state index contributed by atoms with van der Waals surface area (Å²) >= 11 is 0. The molecule has 1 aromatic heterocycles. The second-order valence-electron chi connectivity index (χ2n) is 3.36. The Morgan fingerprint density at radius 2 is 2.40 bits per heavy atom. The van der Waals surface area contributed by atoms with E-state index in [-0.39, 0.29) is 12.4 Å². The lowest BCUT2D eigenvalue weighted by Gasteiger charge is -2.02. The summed E-state index contributed by atoms with van der Waals surface area (Å²) in [4.78, 5) is 15.3. The fourth-order valence-corrected chi connectivity index (χ4v) is 1.21. The van der Waals surface area contributed by atoms with Crippen molar-refractivity contribution in [3.8, 4) is 0 Å². The molecule has 4 heteroatoms. The maximum absolute atomic E-state index is 11.4. The molecule has 0 spiro atoms. The topological polar surface area (TPSA) is 65.2 Å². The van der Waals surface area contributed by atoms with E-state index in [1.54, 1.807) is 18.3 Å². The number of anilines is 1. The van der Waals surface area contributed by atoms with E-state index in [2.05, 4.69) is 4.98 Å². The van der Waals surface area contributed by atoms with Gasteiger partial charge in [0.2, 0.25) is 0 Å². The second-order valence-corrected chi connectivity index (χ2v) is 3.36. The number of rotatable bonds is 6. The Balaban J connectivity index is 2.37. The molecule has 82 valence electrons. The molecule has 0 saturated heterocycles. The van der Waals surface area contributed by atoms with Gasteiger partial charge >= 0.3 is 0 Å². The van der Waals surface area contributed by atoms with Gasteiger partial charge in [0, 0.05) is 19.2 Å². The summed E-state index contributed by atoms with van der Waals surface area (Å²) in [7, 11) is 0. The van der Waals surface area contributed by atoms with Gasteiger partial charge in [-0.1, -0.05) is 6.92 Å². The number of hydrogen-bond donors (Lipinski definition) is 1. The molecule has 2 N–H and O–H groups in total. The zero-order valence-electron chi connectivity index (χ0n) is 8.90. The van der Waals surface area contributed by atoms with Gasteiger partial charge in [-0.3, -0.25) is 4.79 Å². The van der Waals surface area contributed by atoms with E-state index in [4.69, 9.17) is 10.5 Å². The van der Waals surface area contributed by atoms with Crippen LogP contribution in [0, 0.1) is 0 Å². The molecular weight excluding hydrogens is 192 g/mol. The van der Waals surface area contributed by atoms with Crippen molar-refractivity contribution in [1.82, 2.24) is 4.98 Å². The van der Waals surface area contributed by atoms with Gasteiger partial charge < -0.3 is 10.5 Å². The van der Waals surface area contributed by atoms with Crippen LogP contribution in [0.5, 0.6) is 0 Å². The van der Waals surface area contributed by atoms with Crippen LogP contribution in [0.3, 0.4) is 0 Å². The van der Waals surface area contributed by atoms with E-state index < -0.39 is 0 Å². The molecule has 0 aromatic carbocycles. The molecule has 4 nitrogen and oxygen atoms in total. The predicted octanol–water partition coefficient (Wildman–Crippen LogP) is 1.20. The average Bonchev–Trinajstić information content (AvgIpc) is 2.18. The molecule has 0 aliphatic rings. The SMILES string of the molecule is CCCOCC(=O)Cc1ccnc(N)c1. The third kappa shape index (κ3) is 4.56. The van der Waals surface area contributed by atoms with E-state index in [9.17, 15) is 4.79 Å². The summed E-state index contributed by atoms with van der Waals surface area (Å²) in [5.74, 6) is 0.504. The smallest absolute Gasteiger partial charge is 0.162 e. The van der Waals surface area contributed by atoms with Crippen LogP contribution in [0.15, 0.2) is 18.3 Å². The van der Waals surface area contributed by atoms with Gasteiger partial charge in [-0.2, -0.15) is 0 Å². The van der Waals surface area contributed by atoms with Crippen LogP contribution in [0.25, 0.3) is 0 Å². The molecule has 0 fully saturated rings. The lowest BCUT2D eigenvalue weighted by Crippen LogP contribution is -2.12. The summed E-state index contributed by atoms with van der Waals surface area (Å²) in [6.07, 6.45) is 2.89. The van der Waals surface area contributed by atoms with Gasteiger partial charge in [0.1, 0.15) is 12.4 Å². The summed E-state index contributed by atoms with van der Waals surface area (Å²) < 4.78 is 5.15. The monoisotopic (exact) mass is 208 g/mol. The second kappa shape index (κ2) is 6.14. The number of hydrogen-bond acceptors (Lipinski definition) is 4. The highest BCUT2D eigenvalue weighted by Crippen LogP contribution is 2.04. The van der Waals surface area contributed by atoms with Crippen LogP contribution in [0.1, 0.15) is 18.9 Å². The average molecular weight is 208 g/mol. The number of nitrogen functional groups attached to an aromatic ring is 1. The third-order valence-corrected chi connectivity index (χ3v) is 1.86. The Labute approximate surface area is 89.5 Å². The van der Waals surface area contributed by atoms with Crippen LogP contribution in [0.4, 0.5) is 5.82 Å². The number of ketones is 1. The Kier molecular flexibility index (Phi) is 4.77. The number of nitrogens with two attached hydrogens (primary N) is 1. The van der Waals surface area contributed by atoms with Crippen molar-refractivity contribution in [3.63, 3.8) is 0 Å². The molecule has 0 atom stereocenters. The predicted molar refractivity (Wildman–Crippen MR) is 58.5 cm³/mol. The van der Waals surface area contributed by atoms with E-state index >= 15 is 0 Å². The minimum Gasteiger partial charge on any atom is -0.384 e. The third-order valence-electron chi connectivity index (χ3n) is 1.86. The van der Waals surface area contributed by atoms with Crippen molar-refractivity contribution in [3.05, 3.63) is 23.9 Å². The van der Waals surface area contributed by atoms with E-state index in [1.165, 1.54) is 0 Å². The quantitative estimate of drug-likeness (QED) is 0.713. The lowest BCUT2D eigenvalue weighted by molar-refractivity contribution is -0.122.